The maximum absolute atomic E-state index is 9.82. The lowest BCUT2D eigenvalue weighted by molar-refractivity contribution is -0.140. The predicted molar refractivity (Wildman–Crippen MR) is 51.0 cm³/mol. The van der Waals surface area contributed by atoms with Gasteiger partial charge in [0.25, 0.3) is 0 Å². The minimum atomic E-state index is -0.211. The Morgan fingerprint density at radius 1 is 1.62 bits per heavy atom. The summed E-state index contributed by atoms with van der Waals surface area (Å²) in [5.74, 6) is 0.361. The summed E-state index contributed by atoms with van der Waals surface area (Å²) in [5.41, 5.74) is 5.25. The van der Waals surface area contributed by atoms with E-state index in [-0.39, 0.29) is 5.97 Å². The van der Waals surface area contributed by atoms with Gasteiger partial charge < -0.3 is 10.5 Å². The second kappa shape index (κ2) is 7.09. The molecular formula is C9H14N2O2. The predicted octanol–water partition coefficient (Wildman–Crippen LogP) is 1.23. The molecule has 1 rings (SSSR count). The zero-order valence-corrected chi connectivity index (χ0v) is 7.86. The molecule has 1 aromatic rings. The fourth-order valence-corrected chi connectivity index (χ4v) is 0.579. The molecule has 1 aromatic heterocycles. The minimum Gasteiger partial charge on any atom is -0.466 e. The second-order valence-electron chi connectivity index (χ2n) is 2.18. The van der Waals surface area contributed by atoms with Crippen LogP contribution in [0.15, 0.2) is 24.4 Å². The molecule has 0 saturated carbocycles. The summed E-state index contributed by atoms with van der Waals surface area (Å²) in [6.07, 6.45) is 1.66. The van der Waals surface area contributed by atoms with Crippen LogP contribution in [0.2, 0.25) is 0 Å². The summed E-state index contributed by atoms with van der Waals surface area (Å²) in [6, 6.07) is 5.43. The van der Waals surface area contributed by atoms with E-state index in [9.17, 15) is 4.79 Å². The zero-order chi connectivity index (χ0) is 10.1. The molecular weight excluding hydrogens is 168 g/mol. The van der Waals surface area contributed by atoms with Crippen LogP contribution >= 0.6 is 0 Å². The largest absolute Gasteiger partial charge is 0.466 e. The fourth-order valence-electron chi connectivity index (χ4n) is 0.579. The number of hydrogen-bond donors (Lipinski definition) is 1. The lowest BCUT2D eigenvalue weighted by atomic mass is 10.5. The average molecular weight is 182 g/mol. The summed E-state index contributed by atoms with van der Waals surface area (Å²) in [7, 11) is 0. The van der Waals surface area contributed by atoms with Crippen molar-refractivity contribution in [3.8, 4) is 0 Å². The molecule has 0 aliphatic carbocycles. The van der Waals surface area contributed by atoms with Gasteiger partial charge in [0.05, 0.1) is 6.61 Å². The Morgan fingerprint density at radius 3 is 2.46 bits per heavy atom. The maximum atomic E-state index is 9.82. The van der Waals surface area contributed by atoms with E-state index in [1.807, 2.05) is 12.1 Å². The lowest BCUT2D eigenvalue weighted by Crippen LogP contribution is -1.95. The SMILES string of the molecule is CCOC(C)=O.Nc1ccccn1. The van der Waals surface area contributed by atoms with Gasteiger partial charge in [-0.1, -0.05) is 6.07 Å². The topological polar surface area (TPSA) is 65.2 Å². The van der Waals surface area contributed by atoms with Crippen LogP contribution < -0.4 is 5.73 Å². The highest BCUT2D eigenvalue weighted by Gasteiger charge is 1.81. The van der Waals surface area contributed by atoms with E-state index in [4.69, 9.17) is 5.73 Å². The van der Waals surface area contributed by atoms with Gasteiger partial charge in [-0.3, -0.25) is 4.79 Å². The van der Waals surface area contributed by atoms with Crippen molar-refractivity contribution in [2.75, 3.05) is 12.3 Å². The maximum Gasteiger partial charge on any atom is 0.302 e. The van der Waals surface area contributed by atoms with Crippen LogP contribution in [0.5, 0.6) is 0 Å². The number of esters is 1. The van der Waals surface area contributed by atoms with Crippen LogP contribution in [0.1, 0.15) is 13.8 Å². The summed E-state index contributed by atoms with van der Waals surface area (Å²) in [4.78, 5) is 13.6. The van der Waals surface area contributed by atoms with Crippen molar-refractivity contribution >= 4 is 11.8 Å². The van der Waals surface area contributed by atoms with E-state index in [2.05, 4.69) is 9.72 Å². The van der Waals surface area contributed by atoms with Crippen molar-refractivity contribution in [2.45, 2.75) is 13.8 Å². The van der Waals surface area contributed by atoms with Gasteiger partial charge in [-0.05, 0) is 19.1 Å². The second-order valence-corrected chi connectivity index (χ2v) is 2.18. The number of aromatic nitrogens is 1. The van der Waals surface area contributed by atoms with Crippen molar-refractivity contribution in [3.63, 3.8) is 0 Å². The molecule has 0 spiro atoms. The monoisotopic (exact) mass is 182 g/mol. The van der Waals surface area contributed by atoms with Gasteiger partial charge in [-0.25, -0.2) is 4.98 Å². The van der Waals surface area contributed by atoms with E-state index in [0.29, 0.717) is 12.4 Å². The lowest BCUT2D eigenvalue weighted by Gasteiger charge is -1.89. The third-order valence-electron chi connectivity index (χ3n) is 1.04. The molecule has 0 fully saturated rings. The minimum absolute atomic E-state index is 0.211. The summed E-state index contributed by atoms with van der Waals surface area (Å²) in [5, 5.41) is 0. The van der Waals surface area contributed by atoms with Gasteiger partial charge in [0, 0.05) is 13.1 Å². The number of ether oxygens (including phenoxy) is 1. The smallest absolute Gasteiger partial charge is 0.302 e. The van der Waals surface area contributed by atoms with Gasteiger partial charge in [0.1, 0.15) is 5.82 Å². The van der Waals surface area contributed by atoms with E-state index in [0.717, 1.165) is 0 Å². The number of rotatable bonds is 1. The van der Waals surface area contributed by atoms with Crippen molar-refractivity contribution in [3.05, 3.63) is 24.4 Å². The Balaban J connectivity index is 0.000000226. The number of hydrogen-bond acceptors (Lipinski definition) is 4. The van der Waals surface area contributed by atoms with E-state index >= 15 is 0 Å². The molecule has 0 radical (unpaired) electrons. The molecule has 2 N–H and O–H groups in total. The first kappa shape index (κ1) is 11.4. The molecule has 13 heavy (non-hydrogen) atoms. The highest BCUT2D eigenvalue weighted by molar-refractivity contribution is 5.65. The van der Waals surface area contributed by atoms with Crippen LogP contribution in [-0.2, 0) is 9.53 Å². The normalized spacial score (nSPS) is 8.15. The van der Waals surface area contributed by atoms with Gasteiger partial charge in [-0.2, -0.15) is 0 Å². The van der Waals surface area contributed by atoms with Crippen LogP contribution in [0, 0.1) is 0 Å². The Labute approximate surface area is 77.7 Å². The van der Waals surface area contributed by atoms with Gasteiger partial charge in [0.2, 0.25) is 0 Å². The number of nitrogen functional groups attached to an aromatic ring is 1. The quantitative estimate of drug-likeness (QED) is 0.663. The Kier molecular flexibility index (Phi) is 6.23. The number of nitrogens with two attached hydrogens (primary N) is 1. The third kappa shape index (κ3) is 8.33. The molecule has 72 valence electrons. The van der Waals surface area contributed by atoms with Crippen LogP contribution in [0.3, 0.4) is 0 Å². The first-order valence-corrected chi connectivity index (χ1v) is 3.96. The van der Waals surface area contributed by atoms with Crippen LogP contribution in [-0.4, -0.2) is 17.6 Å². The molecule has 1 heterocycles. The van der Waals surface area contributed by atoms with Gasteiger partial charge in [0.15, 0.2) is 0 Å². The van der Waals surface area contributed by atoms with Gasteiger partial charge >= 0.3 is 5.97 Å². The number of anilines is 1. The zero-order valence-electron chi connectivity index (χ0n) is 7.86. The van der Waals surface area contributed by atoms with Crippen molar-refractivity contribution < 1.29 is 9.53 Å². The molecule has 0 aromatic carbocycles. The Morgan fingerprint density at radius 2 is 2.31 bits per heavy atom. The summed E-state index contributed by atoms with van der Waals surface area (Å²) in [6.45, 7) is 3.65. The van der Waals surface area contributed by atoms with Crippen molar-refractivity contribution in [2.24, 2.45) is 0 Å². The van der Waals surface area contributed by atoms with E-state index in [1.54, 1.807) is 19.2 Å². The molecule has 0 bridgehead atoms. The Hall–Kier alpha value is -1.58. The number of nitrogens with zero attached hydrogens (tertiary/aromatic N) is 1. The van der Waals surface area contributed by atoms with Crippen molar-refractivity contribution in [1.82, 2.24) is 4.98 Å². The molecule has 0 aliphatic heterocycles. The first-order chi connectivity index (χ1) is 6.16. The summed E-state index contributed by atoms with van der Waals surface area (Å²) < 4.78 is 4.40. The molecule has 4 nitrogen and oxygen atoms in total. The van der Waals surface area contributed by atoms with Crippen LogP contribution in [0.25, 0.3) is 0 Å². The number of carbonyl (C=O) groups excluding carboxylic acids is 1. The molecule has 0 amide bonds. The molecule has 0 unspecified atom stereocenters. The molecule has 4 heteroatoms. The van der Waals surface area contributed by atoms with Crippen molar-refractivity contribution in [1.29, 1.82) is 0 Å². The average Bonchev–Trinajstić information content (AvgIpc) is 2.06. The number of carbonyl (C=O) groups is 1. The number of pyridine rings is 1. The standard InChI is InChI=1S/C5H6N2.C4H8O2/c6-5-3-1-2-4-7-5;1-3-6-4(2)5/h1-4H,(H2,6,7);3H2,1-2H3. The molecule has 0 atom stereocenters. The van der Waals surface area contributed by atoms with E-state index in [1.165, 1.54) is 6.92 Å². The molecule has 0 saturated heterocycles. The van der Waals surface area contributed by atoms with Gasteiger partial charge in [-0.15, -0.1) is 0 Å². The summed E-state index contributed by atoms with van der Waals surface area (Å²) >= 11 is 0. The highest BCUT2D eigenvalue weighted by atomic mass is 16.5. The fraction of sp³-hybridized carbons (Fsp3) is 0.333. The van der Waals surface area contributed by atoms with E-state index < -0.39 is 0 Å². The highest BCUT2D eigenvalue weighted by Crippen LogP contribution is 1.89. The third-order valence-corrected chi connectivity index (χ3v) is 1.04. The first-order valence-electron chi connectivity index (χ1n) is 3.96. The Bertz CT molecular complexity index is 237. The molecule has 0 aliphatic rings. The van der Waals surface area contributed by atoms with Crippen LogP contribution in [0.4, 0.5) is 5.82 Å².